The van der Waals surface area contributed by atoms with Crippen LogP contribution < -0.4 is 15.5 Å². The standard InChI is InChI=1S/C22H16Cl2FN3O3/c23-15-3-10-19(20(24)11-15)22(30)28-26-12-14-1-8-18(9-2-14)31-13-21(29)27-17-6-4-16(25)5-7-17/h1-12H,13H2,(H,27,29)(H,28,30)/b26-12+. The van der Waals surface area contributed by atoms with Gasteiger partial charge in [0, 0.05) is 10.7 Å². The van der Waals surface area contributed by atoms with Crippen LogP contribution in [0, 0.1) is 5.82 Å². The van der Waals surface area contributed by atoms with E-state index in [9.17, 15) is 14.0 Å². The summed E-state index contributed by atoms with van der Waals surface area (Å²) in [5.41, 5.74) is 3.81. The number of ether oxygens (including phenoxy) is 1. The topological polar surface area (TPSA) is 79.8 Å². The molecule has 6 nitrogen and oxygen atoms in total. The average molecular weight is 460 g/mol. The van der Waals surface area contributed by atoms with E-state index in [1.165, 1.54) is 42.6 Å². The number of carbonyl (C=O) groups is 2. The van der Waals surface area contributed by atoms with E-state index < -0.39 is 5.91 Å². The van der Waals surface area contributed by atoms with Crippen molar-refractivity contribution in [2.45, 2.75) is 0 Å². The van der Waals surface area contributed by atoms with E-state index in [1.54, 1.807) is 30.3 Å². The zero-order valence-electron chi connectivity index (χ0n) is 15.9. The third-order valence-electron chi connectivity index (χ3n) is 3.93. The molecule has 31 heavy (non-hydrogen) atoms. The zero-order chi connectivity index (χ0) is 22.2. The molecule has 0 unspecified atom stereocenters. The molecular weight excluding hydrogens is 444 g/mol. The summed E-state index contributed by atoms with van der Waals surface area (Å²) in [5, 5.41) is 7.15. The van der Waals surface area contributed by atoms with Crippen LogP contribution in [0.5, 0.6) is 5.75 Å². The Hall–Kier alpha value is -3.42. The molecule has 0 spiro atoms. The molecule has 0 heterocycles. The molecule has 0 aliphatic rings. The number of hydrogen-bond acceptors (Lipinski definition) is 4. The highest BCUT2D eigenvalue weighted by Gasteiger charge is 2.09. The van der Waals surface area contributed by atoms with Crippen LogP contribution in [0.15, 0.2) is 71.8 Å². The first-order chi connectivity index (χ1) is 14.9. The fourth-order valence-corrected chi connectivity index (χ4v) is 2.92. The van der Waals surface area contributed by atoms with Gasteiger partial charge in [0.15, 0.2) is 6.61 Å². The molecule has 0 aliphatic carbocycles. The molecule has 0 radical (unpaired) electrons. The molecule has 0 atom stereocenters. The van der Waals surface area contributed by atoms with Crippen LogP contribution in [0.3, 0.4) is 0 Å². The number of halogens is 3. The molecule has 2 N–H and O–H groups in total. The van der Waals surface area contributed by atoms with E-state index in [4.69, 9.17) is 27.9 Å². The molecule has 0 aromatic heterocycles. The molecule has 0 bridgehead atoms. The Morgan fingerprint density at radius 3 is 2.39 bits per heavy atom. The largest absolute Gasteiger partial charge is 0.484 e. The number of amides is 2. The summed E-state index contributed by atoms with van der Waals surface area (Å²) in [6.07, 6.45) is 1.45. The number of anilines is 1. The first-order valence-electron chi connectivity index (χ1n) is 8.97. The molecular formula is C22H16Cl2FN3O3. The second-order valence-electron chi connectivity index (χ2n) is 6.24. The fraction of sp³-hybridized carbons (Fsp3) is 0.0455. The molecule has 3 aromatic carbocycles. The molecule has 3 aromatic rings. The van der Waals surface area contributed by atoms with Crippen molar-refractivity contribution < 1.29 is 18.7 Å². The lowest BCUT2D eigenvalue weighted by molar-refractivity contribution is -0.118. The van der Waals surface area contributed by atoms with Gasteiger partial charge >= 0.3 is 0 Å². The van der Waals surface area contributed by atoms with E-state index in [2.05, 4.69) is 15.8 Å². The molecule has 0 saturated heterocycles. The van der Waals surface area contributed by atoms with Gasteiger partial charge in [-0.25, -0.2) is 9.82 Å². The van der Waals surface area contributed by atoms with Crippen LogP contribution >= 0.6 is 23.2 Å². The SMILES string of the molecule is O=C(COc1ccc(/C=N/NC(=O)c2ccc(Cl)cc2Cl)cc1)Nc1ccc(F)cc1. The van der Waals surface area contributed by atoms with Gasteiger partial charge in [-0.1, -0.05) is 23.2 Å². The Morgan fingerprint density at radius 2 is 1.71 bits per heavy atom. The highest BCUT2D eigenvalue weighted by molar-refractivity contribution is 6.36. The second kappa shape index (κ2) is 10.6. The molecule has 0 fully saturated rings. The van der Waals surface area contributed by atoms with Crippen LogP contribution in [-0.2, 0) is 4.79 Å². The Labute approximate surface area is 187 Å². The van der Waals surface area contributed by atoms with Gasteiger partial charge in [-0.2, -0.15) is 5.10 Å². The fourth-order valence-electron chi connectivity index (χ4n) is 2.43. The maximum Gasteiger partial charge on any atom is 0.272 e. The minimum Gasteiger partial charge on any atom is -0.484 e. The van der Waals surface area contributed by atoms with Crippen molar-refractivity contribution in [1.82, 2.24) is 5.43 Å². The summed E-state index contributed by atoms with van der Waals surface area (Å²) in [5.74, 6) is -0.750. The number of hydrogen-bond donors (Lipinski definition) is 2. The third-order valence-corrected chi connectivity index (χ3v) is 4.48. The summed E-state index contributed by atoms with van der Waals surface area (Å²) in [7, 11) is 0. The van der Waals surface area contributed by atoms with Crippen molar-refractivity contribution in [3.05, 3.63) is 93.7 Å². The zero-order valence-corrected chi connectivity index (χ0v) is 17.5. The van der Waals surface area contributed by atoms with Crippen LogP contribution in [0.2, 0.25) is 10.0 Å². The van der Waals surface area contributed by atoms with E-state index in [1.807, 2.05) is 0 Å². The summed E-state index contributed by atoms with van der Waals surface area (Å²) in [6, 6.07) is 16.7. The van der Waals surface area contributed by atoms with Crippen LogP contribution in [0.4, 0.5) is 10.1 Å². The summed E-state index contributed by atoms with van der Waals surface area (Å²) in [4.78, 5) is 24.0. The Morgan fingerprint density at radius 1 is 1.00 bits per heavy atom. The maximum atomic E-state index is 12.9. The maximum absolute atomic E-state index is 12.9. The minimum absolute atomic E-state index is 0.206. The number of nitrogens with one attached hydrogen (secondary N) is 2. The number of benzene rings is 3. The van der Waals surface area contributed by atoms with Gasteiger partial charge in [-0.15, -0.1) is 0 Å². The molecule has 0 saturated carbocycles. The lowest BCUT2D eigenvalue weighted by Gasteiger charge is -2.07. The quantitative estimate of drug-likeness (QED) is 0.388. The first-order valence-corrected chi connectivity index (χ1v) is 9.73. The highest BCUT2D eigenvalue weighted by Crippen LogP contribution is 2.20. The predicted octanol–water partition coefficient (Wildman–Crippen LogP) is 4.91. The lowest BCUT2D eigenvalue weighted by Crippen LogP contribution is -2.20. The smallest absolute Gasteiger partial charge is 0.272 e. The van der Waals surface area contributed by atoms with E-state index in [0.29, 0.717) is 22.0 Å². The van der Waals surface area contributed by atoms with Crippen LogP contribution in [0.25, 0.3) is 0 Å². The Balaban J connectivity index is 1.47. The molecule has 0 aliphatic heterocycles. The van der Waals surface area contributed by atoms with Crippen molar-refractivity contribution in [3.63, 3.8) is 0 Å². The van der Waals surface area contributed by atoms with Gasteiger partial charge in [0.25, 0.3) is 11.8 Å². The lowest BCUT2D eigenvalue weighted by atomic mass is 10.2. The van der Waals surface area contributed by atoms with Gasteiger partial charge in [-0.05, 0) is 72.3 Å². The number of hydrazone groups is 1. The van der Waals surface area contributed by atoms with Gasteiger partial charge in [0.05, 0.1) is 16.8 Å². The first kappa shape index (κ1) is 22.3. The van der Waals surface area contributed by atoms with Crippen molar-refractivity contribution in [1.29, 1.82) is 0 Å². The number of carbonyl (C=O) groups excluding carboxylic acids is 2. The summed E-state index contributed by atoms with van der Waals surface area (Å²) >= 11 is 11.8. The van der Waals surface area contributed by atoms with Crippen molar-refractivity contribution in [3.8, 4) is 5.75 Å². The number of nitrogens with zero attached hydrogens (tertiary/aromatic N) is 1. The minimum atomic E-state index is -0.468. The van der Waals surface area contributed by atoms with Crippen LogP contribution in [-0.4, -0.2) is 24.6 Å². The molecule has 9 heteroatoms. The molecule has 158 valence electrons. The van der Waals surface area contributed by atoms with Gasteiger partial charge in [-0.3, -0.25) is 9.59 Å². The monoisotopic (exact) mass is 459 g/mol. The molecule has 2 amide bonds. The average Bonchev–Trinajstić information content (AvgIpc) is 2.75. The normalized spacial score (nSPS) is 10.7. The van der Waals surface area contributed by atoms with E-state index in [-0.39, 0.29) is 28.9 Å². The number of rotatable bonds is 7. The predicted molar refractivity (Wildman–Crippen MR) is 118 cm³/mol. The summed E-state index contributed by atoms with van der Waals surface area (Å²) in [6.45, 7) is -0.206. The van der Waals surface area contributed by atoms with E-state index >= 15 is 0 Å². The van der Waals surface area contributed by atoms with Crippen molar-refractivity contribution in [2.75, 3.05) is 11.9 Å². The molecule has 3 rings (SSSR count). The van der Waals surface area contributed by atoms with Crippen molar-refractivity contribution >= 4 is 46.9 Å². The van der Waals surface area contributed by atoms with Gasteiger partial charge in [0.1, 0.15) is 11.6 Å². The Kier molecular flexibility index (Phi) is 7.59. The highest BCUT2D eigenvalue weighted by atomic mass is 35.5. The third kappa shape index (κ3) is 6.80. The summed E-state index contributed by atoms with van der Waals surface area (Å²) < 4.78 is 18.3. The van der Waals surface area contributed by atoms with Gasteiger partial charge < -0.3 is 10.1 Å². The second-order valence-corrected chi connectivity index (χ2v) is 7.08. The van der Waals surface area contributed by atoms with Crippen molar-refractivity contribution in [2.24, 2.45) is 5.10 Å². The Bertz CT molecular complexity index is 1100. The van der Waals surface area contributed by atoms with E-state index in [0.717, 1.165) is 0 Å². The van der Waals surface area contributed by atoms with Gasteiger partial charge in [0.2, 0.25) is 0 Å². The van der Waals surface area contributed by atoms with Crippen LogP contribution in [0.1, 0.15) is 15.9 Å².